The second-order valence-corrected chi connectivity index (χ2v) is 5.14. The van der Waals surface area contributed by atoms with Crippen LogP contribution in [0.4, 0.5) is 0 Å². The molecule has 1 aromatic rings. The molecule has 1 atom stereocenters. The van der Waals surface area contributed by atoms with Gasteiger partial charge in [0.2, 0.25) is 0 Å². The molecule has 2 heterocycles. The smallest absolute Gasteiger partial charge is 0.138 e. The van der Waals surface area contributed by atoms with Crippen molar-refractivity contribution in [3.63, 3.8) is 0 Å². The molecule has 1 N–H and O–H groups in total. The molecule has 0 spiro atoms. The maximum Gasteiger partial charge on any atom is 0.138 e. The van der Waals surface area contributed by atoms with E-state index in [4.69, 9.17) is 9.26 Å². The van der Waals surface area contributed by atoms with E-state index in [2.05, 4.69) is 24.3 Å². The van der Waals surface area contributed by atoms with Gasteiger partial charge in [0.15, 0.2) is 0 Å². The molecule has 4 nitrogen and oxygen atoms in total. The Morgan fingerprint density at radius 1 is 1.44 bits per heavy atom. The molecule has 1 aliphatic rings. The maximum absolute atomic E-state index is 5.24. The summed E-state index contributed by atoms with van der Waals surface area (Å²) in [6.07, 6.45) is 0. The Morgan fingerprint density at radius 2 is 2.12 bits per heavy atom. The minimum absolute atomic E-state index is 0.281. The van der Waals surface area contributed by atoms with Gasteiger partial charge < -0.3 is 14.6 Å². The summed E-state index contributed by atoms with van der Waals surface area (Å²) in [6, 6.07) is 0.281. The zero-order valence-electron chi connectivity index (χ0n) is 10.5. The van der Waals surface area contributed by atoms with E-state index in [1.165, 1.54) is 5.56 Å². The van der Waals surface area contributed by atoms with Gasteiger partial charge in [0.1, 0.15) is 5.76 Å². The molecule has 1 saturated heterocycles. The first-order chi connectivity index (χ1) is 7.52. The number of nitrogens with zero attached hydrogens (tertiary/aromatic N) is 1. The van der Waals surface area contributed by atoms with Crippen molar-refractivity contribution in [3.05, 3.63) is 17.0 Å². The van der Waals surface area contributed by atoms with Crippen molar-refractivity contribution in [3.8, 4) is 0 Å². The Balaban J connectivity index is 1.95. The molecule has 1 unspecified atom stereocenters. The Morgan fingerprint density at radius 3 is 2.56 bits per heavy atom. The van der Waals surface area contributed by atoms with Crippen LogP contribution in [0.25, 0.3) is 0 Å². The van der Waals surface area contributed by atoms with Crippen LogP contribution in [0.1, 0.15) is 36.9 Å². The first-order valence-corrected chi connectivity index (χ1v) is 5.76. The van der Waals surface area contributed by atoms with Gasteiger partial charge in [0.25, 0.3) is 0 Å². The van der Waals surface area contributed by atoms with Gasteiger partial charge in [-0.15, -0.1) is 0 Å². The third-order valence-corrected chi connectivity index (χ3v) is 3.26. The van der Waals surface area contributed by atoms with Crippen LogP contribution < -0.4 is 5.32 Å². The number of aryl methyl sites for hydroxylation is 2. The normalized spacial score (nSPS) is 20.5. The average molecular weight is 224 g/mol. The summed E-state index contributed by atoms with van der Waals surface area (Å²) < 4.78 is 10.4. The van der Waals surface area contributed by atoms with Crippen LogP contribution in [0.3, 0.4) is 0 Å². The summed E-state index contributed by atoms with van der Waals surface area (Å²) in [4.78, 5) is 0. The van der Waals surface area contributed by atoms with Crippen molar-refractivity contribution in [2.75, 3.05) is 19.8 Å². The van der Waals surface area contributed by atoms with Gasteiger partial charge in [-0.3, -0.25) is 0 Å². The molecular weight excluding hydrogens is 204 g/mol. The van der Waals surface area contributed by atoms with Gasteiger partial charge in [-0.1, -0.05) is 12.1 Å². The van der Waals surface area contributed by atoms with Gasteiger partial charge >= 0.3 is 0 Å². The third-order valence-electron chi connectivity index (χ3n) is 3.26. The Kier molecular flexibility index (Phi) is 3.04. The predicted octanol–water partition coefficient (Wildman–Crippen LogP) is 1.98. The first-order valence-electron chi connectivity index (χ1n) is 5.76. The fraction of sp³-hybridized carbons (Fsp3) is 0.750. The molecule has 4 heteroatoms. The summed E-state index contributed by atoms with van der Waals surface area (Å²) >= 11 is 0. The number of hydrogen-bond donors (Lipinski definition) is 1. The highest BCUT2D eigenvalue weighted by molar-refractivity contribution is 5.24. The highest BCUT2D eigenvalue weighted by Gasteiger charge is 2.33. The molecular formula is C12H20N2O2. The second-order valence-electron chi connectivity index (χ2n) is 5.14. The van der Waals surface area contributed by atoms with Crippen LogP contribution in [-0.2, 0) is 4.74 Å². The van der Waals surface area contributed by atoms with Gasteiger partial charge in [-0.05, 0) is 20.8 Å². The standard InChI is InChI=1S/C12H20N2O2/c1-8(11-9(2)14-16-10(11)3)13-5-12(4)6-15-7-12/h8,13H,5-7H2,1-4H3. The van der Waals surface area contributed by atoms with Crippen LogP contribution in [0.2, 0.25) is 0 Å². The Bertz CT molecular complexity index is 350. The van der Waals surface area contributed by atoms with E-state index in [-0.39, 0.29) is 6.04 Å². The molecule has 1 fully saturated rings. The average Bonchev–Trinajstić information content (AvgIpc) is 2.52. The van der Waals surface area contributed by atoms with E-state index >= 15 is 0 Å². The lowest BCUT2D eigenvalue weighted by atomic mass is 9.88. The van der Waals surface area contributed by atoms with Crippen molar-refractivity contribution in [1.29, 1.82) is 0 Å². The summed E-state index contributed by atoms with van der Waals surface area (Å²) in [6.45, 7) is 11.0. The van der Waals surface area contributed by atoms with Gasteiger partial charge in [-0.25, -0.2) is 0 Å². The molecule has 0 radical (unpaired) electrons. The van der Waals surface area contributed by atoms with Crippen LogP contribution in [0.5, 0.6) is 0 Å². The highest BCUT2D eigenvalue weighted by Crippen LogP contribution is 2.27. The van der Waals surface area contributed by atoms with Crippen molar-refractivity contribution >= 4 is 0 Å². The number of nitrogens with one attached hydrogen (secondary N) is 1. The Labute approximate surface area is 96.3 Å². The quantitative estimate of drug-likeness (QED) is 0.849. The molecule has 0 amide bonds. The molecule has 0 saturated carbocycles. The molecule has 0 aromatic carbocycles. The lowest BCUT2D eigenvalue weighted by molar-refractivity contribution is -0.0999. The largest absolute Gasteiger partial charge is 0.380 e. The first kappa shape index (κ1) is 11.6. The topological polar surface area (TPSA) is 47.3 Å². The van der Waals surface area contributed by atoms with Crippen LogP contribution in [0.15, 0.2) is 4.52 Å². The summed E-state index contributed by atoms with van der Waals surface area (Å²) in [5, 5.41) is 7.51. The number of rotatable bonds is 4. The lowest BCUT2D eigenvalue weighted by Crippen LogP contribution is -2.47. The van der Waals surface area contributed by atoms with E-state index in [0.29, 0.717) is 5.41 Å². The minimum atomic E-state index is 0.281. The molecule has 1 aliphatic heterocycles. The molecule has 2 rings (SSSR count). The zero-order valence-corrected chi connectivity index (χ0v) is 10.5. The molecule has 0 aliphatic carbocycles. The minimum Gasteiger partial charge on any atom is -0.380 e. The maximum atomic E-state index is 5.24. The van der Waals surface area contributed by atoms with Gasteiger partial charge in [0, 0.05) is 23.6 Å². The number of hydrogen-bond acceptors (Lipinski definition) is 4. The van der Waals surface area contributed by atoms with Crippen LogP contribution in [-0.4, -0.2) is 24.9 Å². The summed E-state index contributed by atoms with van der Waals surface area (Å²) in [7, 11) is 0. The van der Waals surface area contributed by atoms with E-state index < -0.39 is 0 Å². The molecule has 1 aromatic heterocycles. The SMILES string of the molecule is Cc1noc(C)c1C(C)NCC1(C)COC1. The number of aromatic nitrogens is 1. The van der Waals surface area contributed by atoms with E-state index in [1.807, 2.05) is 13.8 Å². The lowest BCUT2D eigenvalue weighted by Gasteiger charge is -2.39. The van der Waals surface area contributed by atoms with Crippen molar-refractivity contribution in [2.24, 2.45) is 5.41 Å². The highest BCUT2D eigenvalue weighted by atomic mass is 16.5. The molecule has 0 bridgehead atoms. The van der Waals surface area contributed by atoms with Gasteiger partial charge in [-0.2, -0.15) is 0 Å². The fourth-order valence-electron chi connectivity index (χ4n) is 2.16. The number of ether oxygens (including phenoxy) is 1. The summed E-state index contributed by atoms with van der Waals surface area (Å²) in [5.74, 6) is 0.910. The van der Waals surface area contributed by atoms with E-state index in [9.17, 15) is 0 Å². The third kappa shape index (κ3) is 2.13. The Hall–Kier alpha value is -0.870. The molecule has 16 heavy (non-hydrogen) atoms. The van der Waals surface area contributed by atoms with Crippen LogP contribution >= 0.6 is 0 Å². The van der Waals surface area contributed by atoms with Gasteiger partial charge in [0.05, 0.1) is 18.9 Å². The van der Waals surface area contributed by atoms with Crippen molar-refractivity contribution in [2.45, 2.75) is 33.7 Å². The monoisotopic (exact) mass is 224 g/mol. The second kappa shape index (κ2) is 4.18. The summed E-state index contributed by atoms with van der Waals surface area (Å²) in [5.41, 5.74) is 2.46. The zero-order chi connectivity index (χ0) is 11.8. The van der Waals surface area contributed by atoms with Crippen molar-refractivity contribution < 1.29 is 9.26 Å². The van der Waals surface area contributed by atoms with Crippen LogP contribution in [0, 0.1) is 19.3 Å². The predicted molar refractivity (Wildman–Crippen MR) is 61.3 cm³/mol. The van der Waals surface area contributed by atoms with E-state index in [1.54, 1.807) is 0 Å². The molecule has 90 valence electrons. The fourth-order valence-corrected chi connectivity index (χ4v) is 2.16. The van der Waals surface area contributed by atoms with Crippen molar-refractivity contribution in [1.82, 2.24) is 10.5 Å². The van der Waals surface area contributed by atoms with E-state index in [0.717, 1.165) is 31.2 Å².